The Balaban J connectivity index is 1.73. The molecule has 6 nitrogen and oxygen atoms in total. The Morgan fingerprint density at radius 2 is 2.07 bits per heavy atom. The van der Waals surface area contributed by atoms with Gasteiger partial charge >= 0.3 is 0 Å². The Bertz CT molecular complexity index is 950. The van der Waals surface area contributed by atoms with Crippen molar-refractivity contribution in [2.75, 3.05) is 18.0 Å². The summed E-state index contributed by atoms with van der Waals surface area (Å²) in [6, 6.07) is 12.8. The minimum atomic E-state index is 0.0221. The van der Waals surface area contributed by atoms with Gasteiger partial charge in [0, 0.05) is 32.3 Å². The molecule has 140 valence electrons. The summed E-state index contributed by atoms with van der Waals surface area (Å²) in [6.07, 6.45) is 3.79. The fourth-order valence-corrected chi connectivity index (χ4v) is 3.74. The Hall–Kier alpha value is -2.89. The van der Waals surface area contributed by atoms with Crippen LogP contribution in [-0.2, 0) is 17.8 Å². The number of hydrogen-bond donors (Lipinski definition) is 1. The van der Waals surface area contributed by atoms with Gasteiger partial charge in [0.15, 0.2) is 5.65 Å². The van der Waals surface area contributed by atoms with E-state index in [1.54, 1.807) is 6.92 Å². The van der Waals surface area contributed by atoms with Gasteiger partial charge in [-0.15, -0.1) is 0 Å². The third-order valence-electron chi connectivity index (χ3n) is 5.11. The second kappa shape index (κ2) is 7.39. The number of nitrogens with one attached hydrogen (secondary N) is 1. The second-order valence-electron chi connectivity index (χ2n) is 7.16. The van der Waals surface area contributed by atoms with Gasteiger partial charge in [-0.3, -0.25) is 4.79 Å². The number of pyridine rings is 1. The summed E-state index contributed by atoms with van der Waals surface area (Å²) in [5.41, 5.74) is 4.29. The molecule has 3 aromatic rings. The van der Waals surface area contributed by atoms with Gasteiger partial charge in [-0.05, 0) is 30.0 Å². The van der Waals surface area contributed by atoms with Crippen molar-refractivity contribution in [2.45, 2.75) is 39.3 Å². The van der Waals surface area contributed by atoms with Crippen molar-refractivity contribution in [3.8, 4) is 0 Å². The molecule has 0 radical (unpaired) electrons. The van der Waals surface area contributed by atoms with Gasteiger partial charge in [0.05, 0.1) is 12.1 Å². The van der Waals surface area contributed by atoms with Crippen molar-refractivity contribution < 1.29 is 4.79 Å². The summed E-state index contributed by atoms with van der Waals surface area (Å²) < 4.78 is 2.26. The molecule has 1 aliphatic rings. The summed E-state index contributed by atoms with van der Waals surface area (Å²) in [6.45, 7) is 6.12. The lowest BCUT2D eigenvalue weighted by molar-refractivity contribution is -0.119. The van der Waals surface area contributed by atoms with Crippen LogP contribution in [0.3, 0.4) is 0 Å². The molecule has 0 bridgehead atoms. The van der Waals surface area contributed by atoms with Crippen LogP contribution in [0.4, 0.5) is 5.95 Å². The number of carbonyl (C=O) groups excluding carboxylic acids is 1. The van der Waals surface area contributed by atoms with E-state index >= 15 is 0 Å². The van der Waals surface area contributed by atoms with E-state index in [1.165, 1.54) is 11.1 Å². The Morgan fingerprint density at radius 1 is 1.26 bits per heavy atom. The standard InChI is InChI=1S/C21H25N5O/c1-3-16-11-19-20(22-12-16)24-21(25-10-9-18(14-25)23-15(2)27)26(19)13-17-7-5-4-6-8-17/h4-8,11-12,18H,3,9-10,13-14H2,1-2H3,(H,23,27)/t18-/m0/s1. The molecule has 1 aromatic carbocycles. The van der Waals surface area contributed by atoms with Crippen molar-refractivity contribution in [2.24, 2.45) is 0 Å². The van der Waals surface area contributed by atoms with E-state index < -0.39 is 0 Å². The average molecular weight is 363 g/mol. The summed E-state index contributed by atoms with van der Waals surface area (Å²) in [5, 5.41) is 3.03. The number of amides is 1. The molecule has 0 saturated carbocycles. The van der Waals surface area contributed by atoms with Crippen molar-refractivity contribution >= 4 is 23.0 Å². The van der Waals surface area contributed by atoms with E-state index in [1.807, 2.05) is 12.3 Å². The number of benzene rings is 1. The zero-order valence-corrected chi connectivity index (χ0v) is 15.9. The molecule has 0 aliphatic carbocycles. The number of carbonyl (C=O) groups is 1. The van der Waals surface area contributed by atoms with Gasteiger partial charge in [-0.2, -0.15) is 4.98 Å². The molecule has 4 rings (SSSR count). The number of nitrogens with zero attached hydrogens (tertiary/aromatic N) is 4. The maximum atomic E-state index is 11.4. The fraction of sp³-hybridized carbons (Fsp3) is 0.381. The molecule has 0 spiro atoms. The zero-order chi connectivity index (χ0) is 18.8. The summed E-state index contributed by atoms with van der Waals surface area (Å²) in [7, 11) is 0. The zero-order valence-electron chi connectivity index (χ0n) is 15.9. The van der Waals surface area contributed by atoms with E-state index in [2.05, 4.69) is 57.0 Å². The molecule has 27 heavy (non-hydrogen) atoms. The van der Waals surface area contributed by atoms with E-state index in [0.29, 0.717) is 0 Å². The van der Waals surface area contributed by atoms with Crippen molar-refractivity contribution in [3.05, 3.63) is 53.7 Å². The van der Waals surface area contributed by atoms with E-state index in [4.69, 9.17) is 4.98 Å². The second-order valence-corrected chi connectivity index (χ2v) is 7.16. The molecular weight excluding hydrogens is 338 g/mol. The highest BCUT2D eigenvalue weighted by Crippen LogP contribution is 2.26. The maximum absolute atomic E-state index is 11.4. The van der Waals surface area contributed by atoms with Crippen LogP contribution in [-0.4, -0.2) is 39.6 Å². The highest BCUT2D eigenvalue weighted by molar-refractivity contribution is 5.76. The van der Waals surface area contributed by atoms with Gasteiger partial charge in [-0.1, -0.05) is 37.3 Å². The summed E-state index contributed by atoms with van der Waals surface area (Å²) in [5.74, 6) is 0.955. The molecule has 1 saturated heterocycles. The van der Waals surface area contributed by atoms with Crippen LogP contribution in [0.5, 0.6) is 0 Å². The SMILES string of the molecule is CCc1cnc2nc(N3CC[C@H](NC(C)=O)C3)n(Cc3ccccc3)c2c1. The molecule has 1 aliphatic heterocycles. The first-order chi connectivity index (χ1) is 13.1. The molecule has 3 heterocycles. The fourth-order valence-electron chi connectivity index (χ4n) is 3.74. The maximum Gasteiger partial charge on any atom is 0.217 e. The number of hydrogen-bond acceptors (Lipinski definition) is 4. The number of rotatable bonds is 5. The van der Waals surface area contributed by atoms with Gasteiger partial charge in [0.2, 0.25) is 11.9 Å². The lowest BCUT2D eigenvalue weighted by atomic mass is 10.2. The van der Waals surface area contributed by atoms with Crippen LogP contribution in [0.2, 0.25) is 0 Å². The summed E-state index contributed by atoms with van der Waals surface area (Å²) >= 11 is 0. The van der Waals surface area contributed by atoms with E-state index in [9.17, 15) is 4.79 Å². The third kappa shape index (κ3) is 3.65. The molecule has 1 atom stereocenters. The van der Waals surface area contributed by atoms with Crippen LogP contribution < -0.4 is 10.2 Å². The Morgan fingerprint density at radius 3 is 2.81 bits per heavy atom. The van der Waals surface area contributed by atoms with E-state index in [-0.39, 0.29) is 11.9 Å². The molecule has 2 aromatic heterocycles. The van der Waals surface area contributed by atoms with Gasteiger partial charge in [-0.25, -0.2) is 4.98 Å². The first-order valence-corrected chi connectivity index (χ1v) is 9.55. The minimum absolute atomic E-state index is 0.0221. The topological polar surface area (TPSA) is 63.1 Å². The molecule has 1 N–H and O–H groups in total. The first kappa shape index (κ1) is 17.5. The molecule has 1 amide bonds. The quantitative estimate of drug-likeness (QED) is 0.757. The Kier molecular flexibility index (Phi) is 4.79. The smallest absolute Gasteiger partial charge is 0.217 e. The molecular formula is C21H25N5O. The summed E-state index contributed by atoms with van der Waals surface area (Å²) in [4.78, 5) is 23.1. The largest absolute Gasteiger partial charge is 0.352 e. The average Bonchev–Trinajstić information content (AvgIpc) is 3.26. The molecule has 1 fully saturated rings. The highest BCUT2D eigenvalue weighted by atomic mass is 16.1. The number of anilines is 1. The van der Waals surface area contributed by atoms with E-state index in [0.717, 1.165) is 49.6 Å². The normalized spacial score (nSPS) is 16.8. The lowest BCUT2D eigenvalue weighted by Crippen LogP contribution is -2.36. The monoisotopic (exact) mass is 363 g/mol. The number of aryl methyl sites for hydroxylation is 1. The van der Waals surface area contributed by atoms with Crippen LogP contribution >= 0.6 is 0 Å². The lowest BCUT2D eigenvalue weighted by Gasteiger charge is -2.20. The first-order valence-electron chi connectivity index (χ1n) is 9.55. The van der Waals surface area contributed by atoms with Crippen LogP contribution in [0.15, 0.2) is 42.6 Å². The van der Waals surface area contributed by atoms with Gasteiger partial charge in [0.1, 0.15) is 0 Å². The van der Waals surface area contributed by atoms with Gasteiger partial charge in [0.25, 0.3) is 0 Å². The van der Waals surface area contributed by atoms with Crippen LogP contribution in [0.1, 0.15) is 31.4 Å². The van der Waals surface area contributed by atoms with Gasteiger partial charge < -0.3 is 14.8 Å². The highest BCUT2D eigenvalue weighted by Gasteiger charge is 2.27. The predicted octanol–water partition coefficient (Wildman–Crippen LogP) is 2.76. The molecule has 6 heteroatoms. The number of aromatic nitrogens is 3. The Labute approximate surface area is 159 Å². The van der Waals surface area contributed by atoms with Crippen LogP contribution in [0.25, 0.3) is 11.2 Å². The third-order valence-corrected chi connectivity index (χ3v) is 5.11. The molecule has 0 unspecified atom stereocenters. The van der Waals surface area contributed by atoms with Crippen molar-refractivity contribution in [3.63, 3.8) is 0 Å². The number of imidazole rings is 1. The minimum Gasteiger partial charge on any atom is -0.352 e. The van der Waals surface area contributed by atoms with Crippen molar-refractivity contribution in [1.29, 1.82) is 0 Å². The van der Waals surface area contributed by atoms with Crippen molar-refractivity contribution in [1.82, 2.24) is 19.9 Å². The van der Waals surface area contributed by atoms with Crippen LogP contribution in [0, 0.1) is 0 Å². The predicted molar refractivity (Wildman–Crippen MR) is 107 cm³/mol. The number of fused-ring (bicyclic) bond motifs is 1.